The van der Waals surface area contributed by atoms with Crippen molar-refractivity contribution < 1.29 is 14.6 Å². The number of ether oxygens (including phenoxy) is 1. The molecule has 110 valence electrons. The molecule has 0 spiro atoms. The van der Waals surface area contributed by atoms with Gasteiger partial charge < -0.3 is 15.2 Å². The van der Waals surface area contributed by atoms with Crippen molar-refractivity contribution in [1.29, 1.82) is 0 Å². The van der Waals surface area contributed by atoms with E-state index in [2.05, 4.69) is 12.2 Å². The molecule has 2 rings (SSSR count). The van der Waals surface area contributed by atoms with E-state index in [1.165, 1.54) is 0 Å². The monoisotopic (exact) mass is 277 g/mol. The van der Waals surface area contributed by atoms with E-state index < -0.39 is 6.10 Å². The number of aryl methyl sites for hydroxylation is 1. The Labute approximate surface area is 120 Å². The van der Waals surface area contributed by atoms with E-state index in [1.54, 1.807) is 6.92 Å². The highest BCUT2D eigenvalue weighted by atomic mass is 16.5. The number of amides is 1. The van der Waals surface area contributed by atoms with Crippen molar-refractivity contribution in [3.63, 3.8) is 0 Å². The van der Waals surface area contributed by atoms with Crippen molar-refractivity contribution in [2.45, 2.75) is 51.7 Å². The maximum atomic E-state index is 11.8. The van der Waals surface area contributed by atoms with Crippen LogP contribution in [0.4, 0.5) is 0 Å². The lowest BCUT2D eigenvalue weighted by Gasteiger charge is -2.15. The highest BCUT2D eigenvalue weighted by Gasteiger charge is 2.21. The number of fused-ring (bicyclic) bond motifs is 1. The van der Waals surface area contributed by atoms with E-state index in [0.29, 0.717) is 12.3 Å². The Kier molecular flexibility index (Phi) is 5.01. The van der Waals surface area contributed by atoms with Crippen LogP contribution in [0.2, 0.25) is 0 Å². The second-order valence-electron chi connectivity index (χ2n) is 5.32. The molecule has 20 heavy (non-hydrogen) atoms. The minimum atomic E-state index is -0.503. The molecule has 0 saturated carbocycles. The van der Waals surface area contributed by atoms with E-state index in [-0.39, 0.29) is 12.0 Å². The molecule has 0 saturated heterocycles. The lowest BCUT2D eigenvalue weighted by Crippen LogP contribution is -2.36. The Balaban J connectivity index is 1.91. The largest absolute Gasteiger partial charge is 0.481 e. The zero-order valence-electron chi connectivity index (χ0n) is 12.2. The maximum absolute atomic E-state index is 11.8. The van der Waals surface area contributed by atoms with E-state index >= 15 is 0 Å². The number of rotatable bonds is 6. The van der Waals surface area contributed by atoms with Crippen molar-refractivity contribution >= 4 is 5.91 Å². The van der Waals surface area contributed by atoms with Gasteiger partial charge in [-0.15, -0.1) is 0 Å². The molecule has 0 bridgehead atoms. The first-order chi connectivity index (χ1) is 9.61. The number of carbonyl (C=O) groups excluding carboxylic acids is 1. The highest BCUT2D eigenvalue weighted by molar-refractivity contribution is 5.80. The zero-order valence-corrected chi connectivity index (χ0v) is 12.2. The lowest BCUT2D eigenvalue weighted by atomic mass is 10.1. The normalized spacial score (nSPS) is 18.4. The first-order valence-corrected chi connectivity index (χ1v) is 7.37. The summed E-state index contributed by atoms with van der Waals surface area (Å²) < 4.78 is 5.67. The average Bonchev–Trinajstić information content (AvgIpc) is 2.80. The standard InChI is InChI=1S/C16H23NO3/c1-3-4-9-17-16(19)11(2)20-13-6-7-14-12(10-13)5-8-15(14)18/h6-7,10-11,15,18H,3-5,8-9H2,1-2H3,(H,17,19). The fraction of sp³-hybridized carbons (Fsp3) is 0.562. The van der Waals surface area contributed by atoms with Gasteiger partial charge in [-0.3, -0.25) is 4.79 Å². The Morgan fingerprint density at radius 2 is 2.35 bits per heavy atom. The molecule has 0 fully saturated rings. The van der Waals surface area contributed by atoms with Gasteiger partial charge in [0.25, 0.3) is 5.91 Å². The van der Waals surface area contributed by atoms with Crippen LogP contribution in [0.15, 0.2) is 18.2 Å². The van der Waals surface area contributed by atoms with Crippen LogP contribution in [0.3, 0.4) is 0 Å². The third-order valence-corrected chi connectivity index (χ3v) is 3.67. The lowest BCUT2D eigenvalue weighted by molar-refractivity contribution is -0.127. The van der Waals surface area contributed by atoms with Crippen LogP contribution in [-0.4, -0.2) is 23.7 Å². The van der Waals surface area contributed by atoms with Crippen LogP contribution < -0.4 is 10.1 Å². The zero-order chi connectivity index (χ0) is 14.5. The van der Waals surface area contributed by atoms with Crippen molar-refractivity contribution in [3.8, 4) is 5.75 Å². The number of unbranched alkanes of at least 4 members (excludes halogenated alkanes) is 1. The van der Waals surface area contributed by atoms with Gasteiger partial charge in [-0.2, -0.15) is 0 Å². The van der Waals surface area contributed by atoms with E-state index in [4.69, 9.17) is 4.74 Å². The van der Waals surface area contributed by atoms with E-state index in [1.807, 2.05) is 18.2 Å². The molecular weight excluding hydrogens is 254 g/mol. The second-order valence-corrected chi connectivity index (χ2v) is 5.32. The Bertz CT molecular complexity index is 473. The summed E-state index contributed by atoms with van der Waals surface area (Å²) in [6.45, 7) is 4.54. The van der Waals surface area contributed by atoms with Gasteiger partial charge in [0.15, 0.2) is 6.10 Å². The summed E-state index contributed by atoms with van der Waals surface area (Å²) in [7, 11) is 0. The van der Waals surface area contributed by atoms with Crippen LogP contribution in [0.1, 0.15) is 50.3 Å². The smallest absolute Gasteiger partial charge is 0.260 e. The van der Waals surface area contributed by atoms with Crippen molar-refractivity contribution in [3.05, 3.63) is 29.3 Å². The topological polar surface area (TPSA) is 58.6 Å². The fourth-order valence-corrected chi connectivity index (χ4v) is 2.43. The molecule has 1 aliphatic rings. The summed E-state index contributed by atoms with van der Waals surface area (Å²) >= 11 is 0. The van der Waals surface area contributed by atoms with Gasteiger partial charge in [-0.1, -0.05) is 19.4 Å². The molecule has 1 aliphatic carbocycles. The molecule has 0 aromatic heterocycles. The van der Waals surface area contributed by atoms with Crippen LogP contribution in [0.25, 0.3) is 0 Å². The molecule has 0 aliphatic heterocycles. The molecule has 1 aromatic carbocycles. The predicted octanol–water partition coefficient (Wildman–Crippen LogP) is 2.35. The molecule has 2 N–H and O–H groups in total. The number of hydrogen-bond donors (Lipinski definition) is 2. The number of aliphatic hydroxyl groups is 1. The summed E-state index contributed by atoms with van der Waals surface area (Å²) in [4.78, 5) is 11.8. The van der Waals surface area contributed by atoms with Crippen molar-refractivity contribution in [2.24, 2.45) is 0 Å². The minimum absolute atomic E-state index is 0.0843. The van der Waals surface area contributed by atoms with Gasteiger partial charge in [0.1, 0.15) is 5.75 Å². The molecule has 4 nitrogen and oxygen atoms in total. The van der Waals surface area contributed by atoms with Gasteiger partial charge in [0, 0.05) is 6.54 Å². The number of carbonyl (C=O) groups is 1. The molecule has 0 heterocycles. The van der Waals surface area contributed by atoms with Gasteiger partial charge in [0.05, 0.1) is 6.10 Å². The number of hydrogen-bond acceptors (Lipinski definition) is 3. The number of nitrogens with one attached hydrogen (secondary N) is 1. The van der Waals surface area contributed by atoms with Crippen LogP contribution in [0, 0.1) is 0 Å². The third-order valence-electron chi connectivity index (χ3n) is 3.67. The summed E-state index contributed by atoms with van der Waals surface area (Å²) in [5.41, 5.74) is 2.10. The maximum Gasteiger partial charge on any atom is 0.260 e. The van der Waals surface area contributed by atoms with Gasteiger partial charge in [-0.25, -0.2) is 0 Å². The highest BCUT2D eigenvalue weighted by Crippen LogP contribution is 2.33. The third kappa shape index (κ3) is 3.51. The van der Waals surface area contributed by atoms with Gasteiger partial charge in [-0.05, 0) is 49.4 Å². The van der Waals surface area contributed by atoms with E-state index in [0.717, 1.165) is 36.8 Å². The molecule has 2 unspecified atom stereocenters. The minimum Gasteiger partial charge on any atom is -0.481 e. The first kappa shape index (κ1) is 14.9. The Morgan fingerprint density at radius 1 is 1.55 bits per heavy atom. The fourth-order valence-electron chi connectivity index (χ4n) is 2.43. The number of aliphatic hydroxyl groups excluding tert-OH is 1. The SMILES string of the molecule is CCCCNC(=O)C(C)Oc1ccc2c(c1)CCC2O. The van der Waals surface area contributed by atoms with Gasteiger partial charge in [0.2, 0.25) is 0 Å². The predicted molar refractivity (Wildman–Crippen MR) is 77.7 cm³/mol. The quantitative estimate of drug-likeness (QED) is 0.785. The summed E-state index contributed by atoms with van der Waals surface area (Å²) in [5.74, 6) is 0.606. The van der Waals surface area contributed by atoms with Crippen LogP contribution in [0.5, 0.6) is 5.75 Å². The summed E-state index contributed by atoms with van der Waals surface area (Å²) in [6.07, 6.45) is 2.82. The second kappa shape index (κ2) is 6.75. The summed E-state index contributed by atoms with van der Waals surface area (Å²) in [5, 5.41) is 12.6. The molecule has 0 radical (unpaired) electrons. The first-order valence-electron chi connectivity index (χ1n) is 7.37. The Morgan fingerprint density at radius 3 is 3.10 bits per heavy atom. The molecular formula is C16H23NO3. The molecule has 1 amide bonds. The van der Waals surface area contributed by atoms with Gasteiger partial charge >= 0.3 is 0 Å². The molecule has 1 aromatic rings. The van der Waals surface area contributed by atoms with Crippen molar-refractivity contribution in [2.75, 3.05) is 6.54 Å². The molecule has 4 heteroatoms. The average molecular weight is 277 g/mol. The number of benzene rings is 1. The van der Waals surface area contributed by atoms with Crippen LogP contribution in [-0.2, 0) is 11.2 Å². The molecule has 2 atom stereocenters. The van der Waals surface area contributed by atoms with E-state index in [9.17, 15) is 9.90 Å². The summed E-state index contributed by atoms with van der Waals surface area (Å²) in [6, 6.07) is 5.65. The van der Waals surface area contributed by atoms with Crippen LogP contribution >= 0.6 is 0 Å². The Hall–Kier alpha value is -1.55. The van der Waals surface area contributed by atoms with Crippen molar-refractivity contribution in [1.82, 2.24) is 5.32 Å².